The molecule has 0 bridgehead atoms. The zero-order valence-electron chi connectivity index (χ0n) is 12.6. The second-order valence-corrected chi connectivity index (χ2v) is 6.05. The molecule has 1 rings (SSSR count). The Morgan fingerprint density at radius 3 is 2.45 bits per heavy atom. The molecule has 1 aromatic carbocycles. The van der Waals surface area contributed by atoms with Crippen LogP contribution in [-0.2, 0) is 0 Å². The fourth-order valence-corrected chi connectivity index (χ4v) is 2.06. The number of hydrogen-bond acceptors (Lipinski definition) is 3. The second-order valence-electron chi connectivity index (χ2n) is 5.61. The molecule has 0 aromatic heterocycles. The number of halogens is 1. The molecule has 20 heavy (non-hydrogen) atoms. The number of phenolic OH excluding ortho intramolecular Hbond substituents is 1. The lowest BCUT2D eigenvalue weighted by molar-refractivity contribution is 0.0721. The number of phenols is 1. The molecule has 4 nitrogen and oxygen atoms in total. The van der Waals surface area contributed by atoms with Gasteiger partial charge in [-0.05, 0) is 38.2 Å². The number of hydrogen-bond donors (Lipinski definition) is 1. The Morgan fingerprint density at radius 2 is 1.95 bits per heavy atom. The van der Waals surface area contributed by atoms with Gasteiger partial charge in [-0.3, -0.25) is 4.79 Å². The van der Waals surface area contributed by atoms with Crippen LogP contribution in [0.15, 0.2) is 18.2 Å². The average Bonchev–Trinajstić information content (AvgIpc) is 2.33. The van der Waals surface area contributed by atoms with E-state index in [2.05, 4.69) is 13.8 Å². The molecule has 0 saturated carbocycles. The minimum atomic E-state index is -0.158. The minimum absolute atomic E-state index is 0.0684. The summed E-state index contributed by atoms with van der Waals surface area (Å²) in [4.78, 5) is 16.3. The van der Waals surface area contributed by atoms with Crippen molar-refractivity contribution in [3.8, 4) is 5.75 Å². The van der Waals surface area contributed by atoms with Gasteiger partial charge in [-0.15, -0.1) is 0 Å². The van der Waals surface area contributed by atoms with Gasteiger partial charge in [0.05, 0.1) is 5.56 Å². The van der Waals surface area contributed by atoms with Crippen LogP contribution in [0.25, 0.3) is 0 Å². The van der Waals surface area contributed by atoms with Crippen LogP contribution in [0.5, 0.6) is 5.75 Å². The van der Waals surface area contributed by atoms with Gasteiger partial charge in [0.1, 0.15) is 5.75 Å². The van der Waals surface area contributed by atoms with Crippen molar-refractivity contribution in [2.75, 3.05) is 33.7 Å². The molecule has 0 aliphatic rings. The van der Waals surface area contributed by atoms with E-state index in [0.29, 0.717) is 29.6 Å². The molecular formula is C15H23ClN2O2. The largest absolute Gasteiger partial charge is 0.507 e. The number of carbonyl (C=O) groups excluding carboxylic acids is 1. The zero-order valence-corrected chi connectivity index (χ0v) is 13.3. The van der Waals surface area contributed by atoms with Gasteiger partial charge in [0.25, 0.3) is 5.91 Å². The quantitative estimate of drug-likeness (QED) is 0.878. The van der Waals surface area contributed by atoms with E-state index >= 15 is 0 Å². The molecule has 112 valence electrons. The normalized spacial score (nSPS) is 11.2. The molecule has 5 heteroatoms. The molecule has 0 heterocycles. The van der Waals surface area contributed by atoms with Crippen molar-refractivity contribution in [1.29, 1.82) is 0 Å². The highest BCUT2D eigenvalue weighted by molar-refractivity contribution is 6.30. The molecule has 0 fully saturated rings. The van der Waals surface area contributed by atoms with Crippen molar-refractivity contribution >= 4 is 17.5 Å². The van der Waals surface area contributed by atoms with Gasteiger partial charge in [-0.1, -0.05) is 25.4 Å². The highest BCUT2D eigenvalue weighted by Crippen LogP contribution is 2.23. The number of nitrogens with zero attached hydrogens (tertiary/aromatic N) is 2. The van der Waals surface area contributed by atoms with Gasteiger partial charge in [0.15, 0.2) is 0 Å². The third-order valence-electron chi connectivity index (χ3n) is 2.88. The van der Waals surface area contributed by atoms with Crippen molar-refractivity contribution in [2.45, 2.75) is 13.8 Å². The summed E-state index contributed by atoms with van der Waals surface area (Å²) in [6.45, 7) is 6.21. The Labute approximate surface area is 125 Å². The van der Waals surface area contributed by atoms with E-state index < -0.39 is 0 Å². The molecule has 0 radical (unpaired) electrons. The van der Waals surface area contributed by atoms with Crippen LogP contribution in [0.1, 0.15) is 24.2 Å². The molecule has 0 aliphatic heterocycles. The highest BCUT2D eigenvalue weighted by atomic mass is 35.5. The van der Waals surface area contributed by atoms with Crippen molar-refractivity contribution in [3.05, 3.63) is 28.8 Å². The van der Waals surface area contributed by atoms with E-state index in [1.807, 2.05) is 19.0 Å². The van der Waals surface area contributed by atoms with E-state index in [1.54, 1.807) is 17.0 Å². The molecule has 1 amide bonds. The lowest BCUT2D eigenvalue weighted by atomic mass is 10.1. The zero-order chi connectivity index (χ0) is 15.3. The summed E-state index contributed by atoms with van der Waals surface area (Å²) in [5, 5.41) is 10.3. The van der Waals surface area contributed by atoms with Crippen LogP contribution < -0.4 is 0 Å². The maximum absolute atomic E-state index is 12.5. The van der Waals surface area contributed by atoms with E-state index in [1.165, 1.54) is 6.07 Å². The third kappa shape index (κ3) is 5.02. The molecule has 1 N–H and O–H groups in total. The predicted molar refractivity (Wildman–Crippen MR) is 82.4 cm³/mol. The van der Waals surface area contributed by atoms with E-state index in [-0.39, 0.29) is 11.7 Å². The first-order valence-electron chi connectivity index (χ1n) is 6.73. The summed E-state index contributed by atoms with van der Waals surface area (Å²) in [6, 6.07) is 4.59. The van der Waals surface area contributed by atoms with E-state index in [9.17, 15) is 9.90 Å². The van der Waals surface area contributed by atoms with Gasteiger partial charge < -0.3 is 14.9 Å². The summed E-state index contributed by atoms with van der Waals surface area (Å²) in [5.74, 6) is 0.145. The maximum Gasteiger partial charge on any atom is 0.257 e. The first-order valence-corrected chi connectivity index (χ1v) is 7.11. The van der Waals surface area contributed by atoms with Gasteiger partial charge >= 0.3 is 0 Å². The molecule has 0 saturated heterocycles. The first kappa shape index (κ1) is 16.8. The van der Waals surface area contributed by atoms with Crippen molar-refractivity contribution in [3.63, 3.8) is 0 Å². The Bertz CT molecular complexity index is 461. The van der Waals surface area contributed by atoms with Crippen LogP contribution in [0.2, 0.25) is 5.02 Å². The summed E-state index contributed by atoms with van der Waals surface area (Å²) >= 11 is 5.80. The summed E-state index contributed by atoms with van der Waals surface area (Å²) in [6.07, 6.45) is 0. The SMILES string of the molecule is CC(C)CN(CCN(C)C)C(=O)c1ccc(Cl)cc1O. The highest BCUT2D eigenvalue weighted by Gasteiger charge is 2.20. The Kier molecular flexibility index (Phi) is 6.30. The molecule has 0 unspecified atom stereocenters. The van der Waals surface area contributed by atoms with E-state index in [0.717, 1.165) is 6.54 Å². The molecule has 0 atom stereocenters. The van der Waals surface area contributed by atoms with E-state index in [4.69, 9.17) is 11.6 Å². The standard InChI is InChI=1S/C15H23ClN2O2/c1-11(2)10-18(8-7-17(3)4)15(20)13-6-5-12(16)9-14(13)19/h5-6,9,11,19H,7-8,10H2,1-4H3. The lowest BCUT2D eigenvalue weighted by Gasteiger charge is -2.26. The Morgan fingerprint density at radius 1 is 1.30 bits per heavy atom. The van der Waals surface area contributed by atoms with Gasteiger partial charge in [-0.2, -0.15) is 0 Å². The summed E-state index contributed by atoms with van der Waals surface area (Å²) in [5.41, 5.74) is 0.300. The smallest absolute Gasteiger partial charge is 0.257 e. The van der Waals surface area contributed by atoms with Crippen molar-refractivity contribution in [1.82, 2.24) is 9.80 Å². The monoisotopic (exact) mass is 298 g/mol. The number of amides is 1. The Hall–Kier alpha value is -1.26. The fourth-order valence-electron chi connectivity index (χ4n) is 1.89. The summed E-state index contributed by atoms with van der Waals surface area (Å²) < 4.78 is 0. The number of aromatic hydroxyl groups is 1. The second kappa shape index (κ2) is 7.50. The number of carbonyl (C=O) groups is 1. The van der Waals surface area contributed by atoms with Gasteiger partial charge in [0, 0.05) is 24.7 Å². The Balaban J connectivity index is 2.90. The van der Waals surface area contributed by atoms with Gasteiger partial charge in [0.2, 0.25) is 0 Å². The maximum atomic E-state index is 12.5. The fraction of sp³-hybridized carbons (Fsp3) is 0.533. The van der Waals surface area contributed by atoms with Crippen molar-refractivity contribution in [2.24, 2.45) is 5.92 Å². The molecule has 1 aromatic rings. The number of rotatable bonds is 6. The molecular weight excluding hydrogens is 276 g/mol. The van der Waals surface area contributed by atoms with Crippen LogP contribution in [-0.4, -0.2) is 54.5 Å². The first-order chi connectivity index (χ1) is 9.31. The molecule has 0 aliphatic carbocycles. The van der Waals surface area contributed by atoms with Crippen LogP contribution >= 0.6 is 11.6 Å². The number of benzene rings is 1. The van der Waals surface area contributed by atoms with Crippen LogP contribution in [0.4, 0.5) is 0 Å². The van der Waals surface area contributed by atoms with Crippen molar-refractivity contribution < 1.29 is 9.90 Å². The van der Waals surface area contributed by atoms with Crippen LogP contribution in [0, 0.1) is 5.92 Å². The van der Waals surface area contributed by atoms with Gasteiger partial charge in [-0.25, -0.2) is 0 Å². The lowest BCUT2D eigenvalue weighted by Crippen LogP contribution is -2.39. The topological polar surface area (TPSA) is 43.8 Å². The average molecular weight is 299 g/mol. The predicted octanol–water partition coefficient (Wildman–Crippen LogP) is 2.71. The number of likely N-dealkylation sites (N-methyl/N-ethyl adjacent to an activating group) is 1. The molecule has 0 spiro atoms. The van der Waals surface area contributed by atoms with Crippen LogP contribution in [0.3, 0.4) is 0 Å². The third-order valence-corrected chi connectivity index (χ3v) is 3.12. The summed E-state index contributed by atoms with van der Waals surface area (Å²) in [7, 11) is 3.94. The minimum Gasteiger partial charge on any atom is -0.507 e.